The molecule has 0 fully saturated rings. The van der Waals surface area contributed by atoms with Gasteiger partial charge < -0.3 is 4.74 Å². The topological polar surface area (TPSA) is 22.1 Å². The molecule has 0 bridgehead atoms. The SMILES string of the molecule is FC(F)(F)c1cccc(Oc2ccnc3cc(Cl)ccc23)c1. The largest absolute Gasteiger partial charge is 0.457 e. The van der Waals surface area contributed by atoms with Crippen molar-refractivity contribution in [2.24, 2.45) is 0 Å². The number of halogens is 4. The highest BCUT2D eigenvalue weighted by molar-refractivity contribution is 6.31. The molecule has 0 aliphatic heterocycles. The zero-order valence-corrected chi connectivity index (χ0v) is 11.8. The number of nitrogens with zero attached hydrogens (tertiary/aromatic N) is 1. The highest BCUT2D eigenvalue weighted by Crippen LogP contribution is 2.34. The lowest BCUT2D eigenvalue weighted by Crippen LogP contribution is -2.04. The molecular formula is C16H9ClF3NO. The molecule has 2 nitrogen and oxygen atoms in total. The second kappa shape index (κ2) is 5.50. The zero-order chi connectivity index (χ0) is 15.7. The maximum atomic E-state index is 12.7. The van der Waals surface area contributed by atoms with E-state index in [2.05, 4.69) is 4.98 Å². The average molecular weight is 324 g/mol. The van der Waals surface area contributed by atoms with Crippen LogP contribution < -0.4 is 4.74 Å². The molecule has 0 aliphatic carbocycles. The number of rotatable bonds is 2. The van der Waals surface area contributed by atoms with Crippen molar-refractivity contribution in [1.29, 1.82) is 0 Å². The van der Waals surface area contributed by atoms with Crippen LogP contribution in [0.25, 0.3) is 10.9 Å². The van der Waals surface area contributed by atoms with Crippen molar-refractivity contribution in [3.63, 3.8) is 0 Å². The number of benzene rings is 2. The van der Waals surface area contributed by atoms with Crippen LogP contribution in [0.1, 0.15) is 5.56 Å². The summed E-state index contributed by atoms with van der Waals surface area (Å²) in [5, 5.41) is 1.19. The fourth-order valence-electron chi connectivity index (χ4n) is 2.05. The summed E-state index contributed by atoms with van der Waals surface area (Å²) < 4.78 is 43.8. The molecule has 112 valence electrons. The van der Waals surface area contributed by atoms with E-state index in [1.54, 1.807) is 24.3 Å². The number of hydrogen-bond acceptors (Lipinski definition) is 2. The minimum Gasteiger partial charge on any atom is -0.457 e. The van der Waals surface area contributed by atoms with Crippen LogP contribution >= 0.6 is 11.6 Å². The van der Waals surface area contributed by atoms with E-state index in [0.717, 1.165) is 12.1 Å². The monoisotopic (exact) mass is 323 g/mol. The highest BCUT2D eigenvalue weighted by Gasteiger charge is 2.30. The van der Waals surface area contributed by atoms with E-state index in [9.17, 15) is 13.2 Å². The van der Waals surface area contributed by atoms with Crippen LogP contribution in [0, 0.1) is 0 Å². The molecule has 1 heterocycles. The summed E-state index contributed by atoms with van der Waals surface area (Å²) in [6.07, 6.45) is -2.89. The van der Waals surface area contributed by atoms with Crippen LogP contribution in [-0.4, -0.2) is 4.98 Å². The molecule has 0 saturated heterocycles. The Kier molecular flexibility index (Phi) is 3.66. The summed E-state index contributed by atoms with van der Waals surface area (Å²) in [5.74, 6) is 0.526. The predicted octanol–water partition coefficient (Wildman–Crippen LogP) is 5.70. The third-order valence-electron chi connectivity index (χ3n) is 3.05. The first-order chi connectivity index (χ1) is 10.4. The van der Waals surface area contributed by atoms with E-state index in [-0.39, 0.29) is 5.75 Å². The Morgan fingerprint density at radius 3 is 2.59 bits per heavy atom. The fourth-order valence-corrected chi connectivity index (χ4v) is 2.21. The fraction of sp³-hybridized carbons (Fsp3) is 0.0625. The minimum absolute atomic E-state index is 0.109. The normalized spacial score (nSPS) is 11.6. The average Bonchev–Trinajstić information content (AvgIpc) is 2.46. The maximum Gasteiger partial charge on any atom is 0.416 e. The van der Waals surface area contributed by atoms with E-state index in [1.807, 2.05) is 0 Å². The Balaban J connectivity index is 2.00. The van der Waals surface area contributed by atoms with Gasteiger partial charge in [-0.1, -0.05) is 17.7 Å². The third kappa shape index (κ3) is 2.99. The Hall–Kier alpha value is -2.27. The predicted molar refractivity (Wildman–Crippen MR) is 78.3 cm³/mol. The van der Waals surface area contributed by atoms with Crippen molar-refractivity contribution >= 4 is 22.5 Å². The second-order valence-electron chi connectivity index (χ2n) is 4.60. The molecule has 1 aromatic heterocycles. The van der Waals surface area contributed by atoms with E-state index < -0.39 is 11.7 Å². The van der Waals surface area contributed by atoms with E-state index in [1.165, 1.54) is 18.3 Å². The zero-order valence-electron chi connectivity index (χ0n) is 11.1. The van der Waals surface area contributed by atoms with Crippen molar-refractivity contribution in [2.45, 2.75) is 6.18 Å². The molecule has 0 aliphatic rings. The van der Waals surface area contributed by atoms with Gasteiger partial charge in [0, 0.05) is 16.6 Å². The van der Waals surface area contributed by atoms with Gasteiger partial charge in [0.05, 0.1) is 11.1 Å². The summed E-state index contributed by atoms with van der Waals surface area (Å²) in [6.45, 7) is 0. The Morgan fingerprint density at radius 2 is 1.82 bits per heavy atom. The number of aromatic nitrogens is 1. The Bertz CT molecular complexity index is 833. The van der Waals surface area contributed by atoms with Gasteiger partial charge in [0.15, 0.2) is 0 Å². The van der Waals surface area contributed by atoms with E-state index >= 15 is 0 Å². The van der Waals surface area contributed by atoms with Gasteiger partial charge in [0.2, 0.25) is 0 Å². The van der Waals surface area contributed by atoms with Crippen LogP contribution in [0.15, 0.2) is 54.7 Å². The smallest absolute Gasteiger partial charge is 0.416 e. The van der Waals surface area contributed by atoms with E-state index in [4.69, 9.17) is 16.3 Å². The minimum atomic E-state index is -4.41. The summed E-state index contributed by atoms with van der Waals surface area (Å²) in [5.41, 5.74) is -0.150. The molecule has 2 aromatic carbocycles. The van der Waals surface area contributed by atoms with Gasteiger partial charge in [-0.25, -0.2) is 0 Å². The molecule has 0 atom stereocenters. The van der Waals surface area contributed by atoms with Crippen molar-refractivity contribution < 1.29 is 17.9 Å². The van der Waals surface area contributed by atoms with Crippen LogP contribution in [0.5, 0.6) is 11.5 Å². The second-order valence-corrected chi connectivity index (χ2v) is 5.03. The molecule has 0 spiro atoms. The number of pyridine rings is 1. The summed E-state index contributed by atoms with van der Waals surface area (Å²) in [6, 6.07) is 11.4. The van der Waals surface area contributed by atoms with Gasteiger partial charge in [-0.2, -0.15) is 13.2 Å². The van der Waals surface area contributed by atoms with Crippen LogP contribution in [-0.2, 0) is 6.18 Å². The number of ether oxygens (including phenoxy) is 1. The quantitative estimate of drug-likeness (QED) is 0.603. The highest BCUT2D eigenvalue weighted by atomic mass is 35.5. The van der Waals surface area contributed by atoms with E-state index in [0.29, 0.717) is 21.7 Å². The molecule has 0 amide bonds. The summed E-state index contributed by atoms with van der Waals surface area (Å²) in [4.78, 5) is 4.16. The van der Waals surface area contributed by atoms with Crippen molar-refractivity contribution in [3.8, 4) is 11.5 Å². The molecular weight excluding hydrogens is 315 g/mol. The summed E-state index contributed by atoms with van der Waals surface area (Å²) >= 11 is 5.90. The molecule has 3 aromatic rings. The maximum absolute atomic E-state index is 12.7. The van der Waals surface area contributed by atoms with Crippen LogP contribution in [0.2, 0.25) is 5.02 Å². The third-order valence-corrected chi connectivity index (χ3v) is 3.29. The van der Waals surface area contributed by atoms with Gasteiger partial charge in [-0.3, -0.25) is 4.98 Å². The van der Waals surface area contributed by atoms with Gasteiger partial charge in [-0.05, 0) is 42.5 Å². The Labute approximate surface area is 129 Å². The molecule has 0 radical (unpaired) electrons. The van der Waals surface area contributed by atoms with Crippen LogP contribution in [0.4, 0.5) is 13.2 Å². The lowest BCUT2D eigenvalue weighted by atomic mass is 10.2. The van der Waals surface area contributed by atoms with Gasteiger partial charge >= 0.3 is 6.18 Å². The van der Waals surface area contributed by atoms with Gasteiger partial charge in [0.1, 0.15) is 11.5 Å². The van der Waals surface area contributed by atoms with Crippen molar-refractivity contribution in [2.75, 3.05) is 0 Å². The standard InChI is InChI=1S/C16H9ClF3NO/c17-11-4-5-13-14(9-11)21-7-6-15(13)22-12-3-1-2-10(8-12)16(18,19)20/h1-9H. The number of alkyl halides is 3. The first-order valence-electron chi connectivity index (χ1n) is 6.33. The molecule has 3 rings (SSSR count). The lowest BCUT2D eigenvalue weighted by Gasteiger charge is -2.11. The number of fused-ring (bicyclic) bond motifs is 1. The lowest BCUT2D eigenvalue weighted by molar-refractivity contribution is -0.137. The molecule has 6 heteroatoms. The molecule has 0 saturated carbocycles. The summed E-state index contributed by atoms with van der Waals surface area (Å²) in [7, 11) is 0. The first-order valence-corrected chi connectivity index (χ1v) is 6.71. The van der Waals surface area contributed by atoms with Crippen LogP contribution in [0.3, 0.4) is 0 Å². The van der Waals surface area contributed by atoms with Gasteiger partial charge in [0.25, 0.3) is 0 Å². The molecule has 0 N–H and O–H groups in total. The molecule has 22 heavy (non-hydrogen) atoms. The number of hydrogen-bond donors (Lipinski definition) is 0. The van der Waals surface area contributed by atoms with Gasteiger partial charge in [-0.15, -0.1) is 0 Å². The molecule has 0 unspecified atom stereocenters. The Morgan fingerprint density at radius 1 is 1.00 bits per heavy atom. The van der Waals surface area contributed by atoms with Crippen molar-refractivity contribution in [1.82, 2.24) is 4.98 Å². The van der Waals surface area contributed by atoms with Crippen molar-refractivity contribution in [3.05, 3.63) is 65.3 Å². The first kappa shape index (κ1) is 14.7.